The van der Waals surface area contributed by atoms with E-state index in [9.17, 15) is 0 Å². The molecule has 19 heavy (non-hydrogen) atoms. The van der Waals surface area contributed by atoms with E-state index in [0.717, 1.165) is 33.2 Å². The van der Waals surface area contributed by atoms with Gasteiger partial charge in [0.1, 0.15) is 11.5 Å². The van der Waals surface area contributed by atoms with Crippen LogP contribution in [0, 0.1) is 12.8 Å². The first-order valence-electron chi connectivity index (χ1n) is 7.01. The highest BCUT2D eigenvalue weighted by atomic mass is 79.9. The first-order valence-corrected chi connectivity index (χ1v) is 7.80. The van der Waals surface area contributed by atoms with Crippen LogP contribution in [-0.4, -0.2) is 9.38 Å². The van der Waals surface area contributed by atoms with Gasteiger partial charge in [0.15, 0.2) is 0 Å². The molecule has 102 valence electrons. The highest BCUT2D eigenvalue weighted by Crippen LogP contribution is 2.38. The quantitative estimate of drug-likeness (QED) is 0.851. The predicted octanol–water partition coefficient (Wildman–Crippen LogP) is 4.28. The Morgan fingerprint density at radius 3 is 2.63 bits per heavy atom. The lowest BCUT2D eigenvalue weighted by Crippen LogP contribution is -2.12. The Hall–Kier alpha value is -1.03. The van der Waals surface area contributed by atoms with Gasteiger partial charge in [-0.1, -0.05) is 19.8 Å². The smallest absolute Gasteiger partial charge is 0.138 e. The molecule has 2 N–H and O–H groups in total. The van der Waals surface area contributed by atoms with Gasteiger partial charge in [-0.25, -0.2) is 4.98 Å². The van der Waals surface area contributed by atoms with Crippen LogP contribution in [0.3, 0.4) is 0 Å². The summed E-state index contributed by atoms with van der Waals surface area (Å²) in [5.41, 5.74) is 9.55. The number of anilines is 1. The normalized spacial score (nSPS) is 23.9. The van der Waals surface area contributed by atoms with Gasteiger partial charge < -0.3 is 5.73 Å². The minimum Gasteiger partial charge on any atom is -0.383 e. The van der Waals surface area contributed by atoms with E-state index in [-0.39, 0.29) is 0 Å². The SMILES string of the molecule is Cc1c(Br)ccc2nc(C3CCC(C)CC3)c(N)n12. The molecule has 3 nitrogen and oxygen atoms in total. The molecule has 1 saturated carbocycles. The van der Waals surface area contributed by atoms with Crippen LogP contribution in [-0.2, 0) is 0 Å². The molecule has 1 aliphatic rings. The van der Waals surface area contributed by atoms with Gasteiger partial charge in [0, 0.05) is 16.1 Å². The zero-order valence-corrected chi connectivity index (χ0v) is 13.1. The van der Waals surface area contributed by atoms with Crippen LogP contribution in [0.2, 0.25) is 0 Å². The number of aromatic nitrogens is 2. The number of halogens is 1. The molecule has 2 heterocycles. The number of nitrogen functional groups attached to an aromatic ring is 1. The van der Waals surface area contributed by atoms with Crippen molar-refractivity contribution in [2.75, 3.05) is 5.73 Å². The van der Waals surface area contributed by atoms with Gasteiger partial charge in [-0.05, 0) is 53.7 Å². The molecule has 0 aromatic carbocycles. The fourth-order valence-corrected chi connectivity index (χ4v) is 3.45. The highest BCUT2D eigenvalue weighted by Gasteiger charge is 2.25. The molecule has 0 bridgehead atoms. The van der Waals surface area contributed by atoms with E-state index in [1.165, 1.54) is 25.7 Å². The van der Waals surface area contributed by atoms with Gasteiger partial charge in [-0.15, -0.1) is 0 Å². The van der Waals surface area contributed by atoms with Crippen LogP contribution in [0.4, 0.5) is 5.82 Å². The Morgan fingerprint density at radius 2 is 1.95 bits per heavy atom. The molecule has 0 spiro atoms. The highest BCUT2D eigenvalue weighted by molar-refractivity contribution is 9.10. The Bertz CT molecular complexity index is 609. The second-order valence-corrected chi connectivity index (χ2v) is 6.65. The average Bonchev–Trinajstić information content (AvgIpc) is 2.73. The van der Waals surface area contributed by atoms with Crippen molar-refractivity contribution in [1.29, 1.82) is 0 Å². The maximum atomic E-state index is 6.35. The standard InChI is InChI=1S/C15H20BrN3/c1-9-3-5-11(6-4-9)14-15(17)19-10(2)12(16)7-8-13(19)18-14/h7-9,11H,3-6,17H2,1-2H3. The Kier molecular flexibility index (Phi) is 3.29. The summed E-state index contributed by atoms with van der Waals surface area (Å²) in [6, 6.07) is 4.08. The zero-order chi connectivity index (χ0) is 13.6. The molecule has 1 fully saturated rings. The lowest BCUT2D eigenvalue weighted by atomic mass is 9.81. The molecule has 1 aliphatic carbocycles. The molecule has 0 aliphatic heterocycles. The largest absolute Gasteiger partial charge is 0.383 e. The molecule has 2 aromatic heterocycles. The molecular weight excluding hydrogens is 302 g/mol. The van der Waals surface area contributed by atoms with E-state index < -0.39 is 0 Å². The van der Waals surface area contributed by atoms with Crippen LogP contribution in [0.5, 0.6) is 0 Å². The number of hydrogen-bond acceptors (Lipinski definition) is 2. The second kappa shape index (κ2) is 4.82. The number of nitrogens with zero attached hydrogens (tertiary/aromatic N) is 2. The number of nitrogens with two attached hydrogens (primary N) is 1. The van der Waals surface area contributed by atoms with E-state index in [2.05, 4.69) is 34.2 Å². The number of pyridine rings is 1. The molecule has 0 unspecified atom stereocenters. The Morgan fingerprint density at radius 1 is 1.26 bits per heavy atom. The van der Waals surface area contributed by atoms with Gasteiger partial charge in [0.2, 0.25) is 0 Å². The number of hydrogen-bond donors (Lipinski definition) is 1. The van der Waals surface area contributed by atoms with Gasteiger partial charge >= 0.3 is 0 Å². The lowest BCUT2D eigenvalue weighted by molar-refractivity contribution is 0.345. The van der Waals surface area contributed by atoms with E-state index in [4.69, 9.17) is 10.7 Å². The zero-order valence-electron chi connectivity index (χ0n) is 11.5. The van der Waals surface area contributed by atoms with Crippen molar-refractivity contribution in [1.82, 2.24) is 9.38 Å². The fourth-order valence-electron chi connectivity index (χ4n) is 3.14. The fraction of sp³-hybridized carbons (Fsp3) is 0.533. The van der Waals surface area contributed by atoms with E-state index in [0.29, 0.717) is 5.92 Å². The minimum atomic E-state index is 0.536. The van der Waals surface area contributed by atoms with Crippen LogP contribution in [0.1, 0.15) is 49.9 Å². The van der Waals surface area contributed by atoms with Gasteiger partial charge in [-0.3, -0.25) is 4.40 Å². The first kappa shape index (κ1) is 13.0. The van der Waals surface area contributed by atoms with Crippen LogP contribution < -0.4 is 5.73 Å². The molecular formula is C15H20BrN3. The predicted molar refractivity (Wildman–Crippen MR) is 82.4 cm³/mol. The number of fused-ring (bicyclic) bond motifs is 1. The molecule has 0 saturated heterocycles. The van der Waals surface area contributed by atoms with Crippen LogP contribution >= 0.6 is 15.9 Å². The molecule has 3 rings (SSSR count). The number of aryl methyl sites for hydroxylation is 1. The van der Waals surface area contributed by atoms with Crippen molar-refractivity contribution in [2.24, 2.45) is 5.92 Å². The molecule has 0 atom stereocenters. The summed E-state index contributed by atoms with van der Waals surface area (Å²) in [5, 5.41) is 0. The molecule has 4 heteroatoms. The van der Waals surface area contributed by atoms with Crippen LogP contribution in [0.25, 0.3) is 5.65 Å². The summed E-state index contributed by atoms with van der Waals surface area (Å²) in [5.74, 6) is 2.22. The van der Waals surface area contributed by atoms with Gasteiger partial charge in [0.25, 0.3) is 0 Å². The Labute approximate surface area is 122 Å². The topological polar surface area (TPSA) is 43.3 Å². The third-order valence-corrected chi connectivity index (χ3v) is 5.27. The monoisotopic (exact) mass is 321 g/mol. The number of rotatable bonds is 1. The van der Waals surface area contributed by atoms with Crippen molar-refractivity contribution >= 4 is 27.4 Å². The summed E-state index contributed by atoms with van der Waals surface area (Å²) >= 11 is 3.56. The molecule has 0 amide bonds. The Balaban J connectivity index is 2.05. The maximum absolute atomic E-state index is 6.35. The minimum absolute atomic E-state index is 0.536. The summed E-state index contributed by atoms with van der Waals surface area (Å²) in [7, 11) is 0. The summed E-state index contributed by atoms with van der Waals surface area (Å²) in [4.78, 5) is 4.78. The average molecular weight is 322 g/mol. The van der Waals surface area contributed by atoms with Crippen molar-refractivity contribution in [3.63, 3.8) is 0 Å². The van der Waals surface area contributed by atoms with E-state index >= 15 is 0 Å². The van der Waals surface area contributed by atoms with Crippen molar-refractivity contribution in [2.45, 2.75) is 45.4 Å². The molecule has 2 aromatic rings. The maximum Gasteiger partial charge on any atom is 0.138 e. The van der Waals surface area contributed by atoms with Crippen molar-refractivity contribution in [3.05, 3.63) is 28.0 Å². The van der Waals surface area contributed by atoms with Crippen molar-refractivity contribution in [3.8, 4) is 0 Å². The summed E-state index contributed by atoms with van der Waals surface area (Å²) in [6.07, 6.45) is 5.02. The molecule has 0 radical (unpaired) electrons. The summed E-state index contributed by atoms with van der Waals surface area (Å²) < 4.78 is 3.14. The third-order valence-electron chi connectivity index (χ3n) is 4.43. The number of imidazole rings is 1. The van der Waals surface area contributed by atoms with E-state index in [1.54, 1.807) is 0 Å². The lowest BCUT2D eigenvalue weighted by Gasteiger charge is -2.25. The second-order valence-electron chi connectivity index (χ2n) is 5.80. The third kappa shape index (κ3) is 2.16. The van der Waals surface area contributed by atoms with Gasteiger partial charge in [0.05, 0.1) is 5.69 Å². The van der Waals surface area contributed by atoms with E-state index in [1.807, 2.05) is 12.1 Å². The van der Waals surface area contributed by atoms with Crippen LogP contribution in [0.15, 0.2) is 16.6 Å². The summed E-state index contributed by atoms with van der Waals surface area (Å²) in [6.45, 7) is 4.41. The van der Waals surface area contributed by atoms with Gasteiger partial charge in [-0.2, -0.15) is 0 Å². The van der Waals surface area contributed by atoms with Crippen molar-refractivity contribution < 1.29 is 0 Å². The first-order chi connectivity index (χ1) is 9.08.